The number of aromatic nitrogens is 3. The third kappa shape index (κ3) is 2.97. The minimum Gasteiger partial charge on any atom is -0.493 e. The molecule has 0 saturated carbocycles. The Kier molecular flexibility index (Phi) is 3.81. The first-order chi connectivity index (χ1) is 11.6. The standard InChI is InChI=1S/C16H10F5N3O/c1-8-2-4-9(5-3-8)12-10-6-7-11(25)22-13(10)24-14(23-12)15(17,18)16(19,20)21/h2-7H,1H3,(H,22,23,24,25). The van der Waals surface area contributed by atoms with Gasteiger partial charge in [0.05, 0.1) is 5.69 Å². The van der Waals surface area contributed by atoms with Gasteiger partial charge in [0.15, 0.2) is 5.65 Å². The average molecular weight is 355 g/mol. The van der Waals surface area contributed by atoms with Crippen molar-refractivity contribution in [3.8, 4) is 17.1 Å². The lowest BCUT2D eigenvalue weighted by Gasteiger charge is -2.19. The van der Waals surface area contributed by atoms with Gasteiger partial charge in [-0.1, -0.05) is 29.8 Å². The Morgan fingerprint density at radius 3 is 2.08 bits per heavy atom. The summed E-state index contributed by atoms with van der Waals surface area (Å²) in [5.41, 5.74) is 0.615. The van der Waals surface area contributed by atoms with Gasteiger partial charge in [0, 0.05) is 17.0 Å². The first kappa shape index (κ1) is 17.0. The topological polar surface area (TPSA) is 58.9 Å². The molecule has 0 unspecified atom stereocenters. The summed E-state index contributed by atoms with van der Waals surface area (Å²) < 4.78 is 65.5. The number of fused-ring (bicyclic) bond motifs is 1. The predicted molar refractivity (Wildman–Crippen MR) is 79.1 cm³/mol. The second-order valence-electron chi connectivity index (χ2n) is 5.37. The Balaban J connectivity index is 2.33. The first-order valence-electron chi connectivity index (χ1n) is 6.99. The van der Waals surface area contributed by atoms with Crippen molar-refractivity contribution < 1.29 is 27.1 Å². The zero-order chi connectivity index (χ0) is 18.4. The summed E-state index contributed by atoms with van der Waals surface area (Å²) >= 11 is 0. The van der Waals surface area contributed by atoms with Crippen LogP contribution in [0.1, 0.15) is 11.4 Å². The van der Waals surface area contributed by atoms with Gasteiger partial charge in [-0.25, -0.2) is 9.97 Å². The molecule has 2 heterocycles. The number of nitrogens with zero attached hydrogens (tertiary/aromatic N) is 3. The molecule has 0 amide bonds. The highest BCUT2D eigenvalue weighted by molar-refractivity contribution is 5.90. The number of hydrogen-bond acceptors (Lipinski definition) is 4. The van der Waals surface area contributed by atoms with Crippen LogP contribution >= 0.6 is 0 Å². The summed E-state index contributed by atoms with van der Waals surface area (Å²) in [7, 11) is 0. The summed E-state index contributed by atoms with van der Waals surface area (Å²) in [5, 5.41) is 9.54. The van der Waals surface area contributed by atoms with Gasteiger partial charge in [-0.05, 0) is 13.0 Å². The van der Waals surface area contributed by atoms with E-state index >= 15 is 0 Å². The van der Waals surface area contributed by atoms with Crippen molar-refractivity contribution in [1.82, 2.24) is 15.0 Å². The van der Waals surface area contributed by atoms with Crippen LogP contribution in [0.25, 0.3) is 22.3 Å². The largest absolute Gasteiger partial charge is 0.493 e. The van der Waals surface area contributed by atoms with Crippen LogP contribution in [-0.4, -0.2) is 26.2 Å². The number of pyridine rings is 1. The van der Waals surface area contributed by atoms with E-state index < -0.39 is 29.5 Å². The van der Waals surface area contributed by atoms with E-state index in [1.807, 2.05) is 0 Å². The lowest BCUT2D eigenvalue weighted by Crippen LogP contribution is -2.35. The fourth-order valence-corrected chi connectivity index (χ4v) is 2.20. The molecule has 130 valence electrons. The monoisotopic (exact) mass is 355 g/mol. The van der Waals surface area contributed by atoms with Crippen LogP contribution in [0.2, 0.25) is 0 Å². The Bertz CT molecular complexity index is 939. The van der Waals surface area contributed by atoms with Gasteiger partial charge >= 0.3 is 12.1 Å². The molecular formula is C16H10F5N3O. The predicted octanol–water partition coefficient (Wildman–Crippen LogP) is 4.36. The van der Waals surface area contributed by atoms with E-state index in [0.717, 1.165) is 5.56 Å². The average Bonchev–Trinajstić information content (AvgIpc) is 2.53. The van der Waals surface area contributed by atoms with E-state index in [0.29, 0.717) is 5.56 Å². The first-order valence-corrected chi connectivity index (χ1v) is 6.99. The van der Waals surface area contributed by atoms with Crippen molar-refractivity contribution in [2.75, 3.05) is 0 Å². The van der Waals surface area contributed by atoms with E-state index in [-0.39, 0.29) is 11.1 Å². The maximum atomic E-state index is 13.7. The van der Waals surface area contributed by atoms with Crippen LogP contribution in [-0.2, 0) is 5.92 Å². The van der Waals surface area contributed by atoms with Crippen LogP contribution in [0.15, 0.2) is 36.4 Å². The number of aromatic hydroxyl groups is 1. The molecule has 3 aromatic rings. The highest BCUT2D eigenvalue weighted by Crippen LogP contribution is 2.43. The van der Waals surface area contributed by atoms with E-state index in [1.165, 1.54) is 12.1 Å². The molecule has 0 fully saturated rings. The maximum Gasteiger partial charge on any atom is 0.461 e. The Labute approximate surface area is 138 Å². The molecule has 0 saturated heterocycles. The van der Waals surface area contributed by atoms with Crippen molar-refractivity contribution in [3.05, 3.63) is 47.8 Å². The van der Waals surface area contributed by atoms with Crippen LogP contribution < -0.4 is 0 Å². The third-order valence-electron chi connectivity index (χ3n) is 3.51. The molecule has 0 spiro atoms. The molecule has 9 heteroatoms. The number of hydrogen-bond donors (Lipinski definition) is 1. The van der Waals surface area contributed by atoms with Crippen molar-refractivity contribution in [2.24, 2.45) is 0 Å². The van der Waals surface area contributed by atoms with E-state index in [1.54, 1.807) is 31.2 Å². The Morgan fingerprint density at radius 1 is 0.840 bits per heavy atom. The molecule has 1 N–H and O–H groups in total. The van der Waals surface area contributed by atoms with Crippen LogP contribution in [0, 0.1) is 6.92 Å². The van der Waals surface area contributed by atoms with Crippen LogP contribution in [0.5, 0.6) is 5.88 Å². The molecular weight excluding hydrogens is 345 g/mol. The zero-order valence-electron chi connectivity index (χ0n) is 12.6. The van der Waals surface area contributed by atoms with Gasteiger partial charge in [0.2, 0.25) is 11.7 Å². The van der Waals surface area contributed by atoms with Crippen molar-refractivity contribution >= 4 is 11.0 Å². The van der Waals surface area contributed by atoms with Crippen LogP contribution in [0.4, 0.5) is 22.0 Å². The van der Waals surface area contributed by atoms with Crippen molar-refractivity contribution in [1.29, 1.82) is 0 Å². The third-order valence-corrected chi connectivity index (χ3v) is 3.51. The SMILES string of the molecule is Cc1ccc(-c2nc(C(F)(F)C(F)(F)F)nc3nc(O)ccc23)cc1. The number of rotatable bonds is 2. The van der Waals surface area contributed by atoms with Gasteiger partial charge in [-0.3, -0.25) is 0 Å². The van der Waals surface area contributed by atoms with E-state index in [4.69, 9.17) is 0 Å². The fraction of sp³-hybridized carbons (Fsp3) is 0.188. The lowest BCUT2D eigenvalue weighted by molar-refractivity contribution is -0.292. The normalized spacial score (nSPS) is 12.6. The molecule has 0 aliphatic heterocycles. The van der Waals surface area contributed by atoms with Crippen LogP contribution in [0.3, 0.4) is 0 Å². The number of benzene rings is 1. The summed E-state index contributed by atoms with van der Waals surface area (Å²) in [4.78, 5) is 10.2. The van der Waals surface area contributed by atoms with Gasteiger partial charge in [-0.15, -0.1) is 0 Å². The summed E-state index contributed by atoms with van der Waals surface area (Å²) in [5.74, 6) is -7.53. The minimum absolute atomic E-state index is 0.128. The molecule has 1 aromatic carbocycles. The molecule has 3 rings (SSSR count). The molecule has 25 heavy (non-hydrogen) atoms. The fourth-order valence-electron chi connectivity index (χ4n) is 2.20. The highest BCUT2D eigenvalue weighted by Gasteiger charge is 2.61. The molecule has 0 aliphatic rings. The molecule has 0 aliphatic carbocycles. The molecule has 4 nitrogen and oxygen atoms in total. The number of alkyl halides is 5. The Morgan fingerprint density at radius 2 is 1.48 bits per heavy atom. The highest BCUT2D eigenvalue weighted by atomic mass is 19.4. The summed E-state index contributed by atoms with van der Waals surface area (Å²) in [6.45, 7) is 1.80. The number of halogens is 5. The second-order valence-corrected chi connectivity index (χ2v) is 5.37. The molecule has 0 atom stereocenters. The molecule has 0 bridgehead atoms. The lowest BCUT2D eigenvalue weighted by atomic mass is 10.1. The Hall–Kier alpha value is -2.84. The smallest absolute Gasteiger partial charge is 0.461 e. The quantitative estimate of drug-likeness (QED) is 0.694. The molecule has 0 radical (unpaired) electrons. The maximum absolute atomic E-state index is 13.7. The van der Waals surface area contributed by atoms with E-state index in [9.17, 15) is 27.1 Å². The summed E-state index contributed by atoms with van der Waals surface area (Å²) in [6, 6.07) is 8.89. The second kappa shape index (κ2) is 5.61. The summed E-state index contributed by atoms with van der Waals surface area (Å²) in [6.07, 6.45) is -5.86. The van der Waals surface area contributed by atoms with Gasteiger partial charge in [0.25, 0.3) is 0 Å². The van der Waals surface area contributed by atoms with E-state index in [2.05, 4.69) is 15.0 Å². The van der Waals surface area contributed by atoms with Crippen molar-refractivity contribution in [3.63, 3.8) is 0 Å². The van der Waals surface area contributed by atoms with Gasteiger partial charge in [0.1, 0.15) is 0 Å². The number of aryl methyl sites for hydroxylation is 1. The molecule has 2 aromatic heterocycles. The minimum atomic E-state index is -5.86. The van der Waals surface area contributed by atoms with Gasteiger partial charge in [-0.2, -0.15) is 26.9 Å². The zero-order valence-corrected chi connectivity index (χ0v) is 12.6. The van der Waals surface area contributed by atoms with Gasteiger partial charge < -0.3 is 5.11 Å². The van der Waals surface area contributed by atoms with Crippen molar-refractivity contribution in [2.45, 2.75) is 19.0 Å².